The quantitative estimate of drug-likeness (QED) is 0.426. The van der Waals surface area contributed by atoms with Gasteiger partial charge in [0.1, 0.15) is 16.9 Å². The molecule has 1 N–H and O–H groups in total. The van der Waals surface area contributed by atoms with E-state index in [9.17, 15) is 14.4 Å². The maximum absolute atomic E-state index is 12.7. The zero-order valence-electron chi connectivity index (χ0n) is 19.0. The zero-order chi connectivity index (χ0) is 22.9. The first-order chi connectivity index (χ1) is 15.2. The standard InChI is InChI=1S/C25H31NO6/c1-25(2,3)32-24(29)26-14-15-7-9-16(10-8-15)22(27)30-17-11-12-19-18-5-4-6-20(18)23(28)31-21(19)13-17/h11-13,15-16H,4-10,14H2,1-3H3,(H,26,29). The van der Waals surface area contributed by atoms with Crippen LogP contribution in [0.15, 0.2) is 27.4 Å². The van der Waals surface area contributed by atoms with Crippen molar-refractivity contribution in [2.75, 3.05) is 6.54 Å². The van der Waals surface area contributed by atoms with E-state index >= 15 is 0 Å². The number of ether oxygens (including phenoxy) is 2. The molecule has 1 amide bonds. The number of alkyl carbamates (subject to hydrolysis) is 1. The first kappa shape index (κ1) is 22.4. The van der Waals surface area contributed by atoms with Crippen LogP contribution in [0.4, 0.5) is 4.79 Å². The van der Waals surface area contributed by atoms with Crippen molar-refractivity contribution in [1.29, 1.82) is 0 Å². The molecule has 0 spiro atoms. The highest BCUT2D eigenvalue weighted by atomic mass is 16.6. The molecule has 1 aromatic heterocycles. The molecular weight excluding hydrogens is 410 g/mol. The summed E-state index contributed by atoms with van der Waals surface area (Å²) in [7, 11) is 0. The summed E-state index contributed by atoms with van der Waals surface area (Å²) in [6.07, 6.45) is 5.32. The molecule has 32 heavy (non-hydrogen) atoms. The molecule has 0 unspecified atom stereocenters. The molecule has 7 heteroatoms. The largest absolute Gasteiger partial charge is 0.444 e. The number of carbonyl (C=O) groups is 2. The van der Waals surface area contributed by atoms with Gasteiger partial charge in [-0.25, -0.2) is 9.59 Å². The van der Waals surface area contributed by atoms with Crippen LogP contribution in [-0.4, -0.2) is 24.2 Å². The summed E-state index contributed by atoms with van der Waals surface area (Å²) < 4.78 is 16.4. The Bertz CT molecular complexity index is 1070. The maximum Gasteiger partial charge on any atom is 0.407 e. The Kier molecular flexibility index (Phi) is 6.26. The van der Waals surface area contributed by atoms with Gasteiger partial charge >= 0.3 is 17.7 Å². The van der Waals surface area contributed by atoms with Crippen molar-refractivity contribution in [3.8, 4) is 5.75 Å². The van der Waals surface area contributed by atoms with Gasteiger partial charge in [0, 0.05) is 23.6 Å². The normalized spacial score (nSPS) is 20.6. The summed E-state index contributed by atoms with van der Waals surface area (Å²) in [5.74, 6) is 0.294. The summed E-state index contributed by atoms with van der Waals surface area (Å²) in [4.78, 5) is 36.7. The first-order valence-corrected chi connectivity index (χ1v) is 11.5. The van der Waals surface area contributed by atoms with Crippen LogP contribution in [0.1, 0.15) is 64.0 Å². The molecule has 1 fully saturated rings. The van der Waals surface area contributed by atoms with Crippen LogP contribution >= 0.6 is 0 Å². The molecule has 7 nitrogen and oxygen atoms in total. The van der Waals surface area contributed by atoms with Crippen molar-refractivity contribution < 1.29 is 23.5 Å². The summed E-state index contributed by atoms with van der Waals surface area (Å²) in [6, 6.07) is 5.29. The van der Waals surface area contributed by atoms with Gasteiger partial charge in [-0.3, -0.25) is 4.79 Å². The fraction of sp³-hybridized carbons (Fsp3) is 0.560. The SMILES string of the molecule is CC(C)(C)OC(=O)NCC1CCC(C(=O)Oc2ccc3c4c(c(=O)oc3c2)CCC4)CC1. The molecule has 1 saturated carbocycles. The summed E-state index contributed by atoms with van der Waals surface area (Å²) >= 11 is 0. The molecular formula is C25H31NO6. The van der Waals surface area contributed by atoms with Gasteiger partial charge in [-0.15, -0.1) is 0 Å². The average molecular weight is 442 g/mol. The van der Waals surface area contributed by atoms with Gasteiger partial charge in [0.15, 0.2) is 0 Å². The van der Waals surface area contributed by atoms with Crippen molar-refractivity contribution in [3.05, 3.63) is 39.7 Å². The summed E-state index contributed by atoms with van der Waals surface area (Å²) in [5, 5.41) is 3.74. The Morgan fingerprint density at radius 1 is 1.09 bits per heavy atom. The summed E-state index contributed by atoms with van der Waals surface area (Å²) in [6.45, 7) is 6.04. The van der Waals surface area contributed by atoms with E-state index in [1.807, 2.05) is 26.8 Å². The van der Waals surface area contributed by atoms with Gasteiger partial charge in [-0.1, -0.05) is 0 Å². The van der Waals surface area contributed by atoms with Crippen LogP contribution in [0, 0.1) is 11.8 Å². The number of carbonyl (C=O) groups excluding carboxylic acids is 2. The van der Waals surface area contributed by atoms with E-state index in [0.717, 1.165) is 61.5 Å². The van der Waals surface area contributed by atoms with Gasteiger partial charge in [-0.2, -0.15) is 0 Å². The van der Waals surface area contributed by atoms with E-state index in [1.54, 1.807) is 12.1 Å². The highest BCUT2D eigenvalue weighted by Gasteiger charge is 2.29. The number of hydrogen-bond donors (Lipinski definition) is 1. The Morgan fingerprint density at radius 3 is 2.53 bits per heavy atom. The van der Waals surface area contributed by atoms with Crippen molar-refractivity contribution >= 4 is 23.0 Å². The minimum absolute atomic E-state index is 0.171. The zero-order valence-corrected chi connectivity index (χ0v) is 19.0. The van der Waals surface area contributed by atoms with Crippen LogP contribution < -0.4 is 15.7 Å². The number of aryl methyl sites for hydroxylation is 1. The highest BCUT2D eigenvalue weighted by Crippen LogP contribution is 2.32. The lowest BCUT2D eigenvalue weighted by atomic mass is 9.82. The molecule has 1 aromatic carbocycles. The molecule has 2 aromatic rings. The first-order valence-electron chi connectivity index (χ1n) is 11.5. The second-order valence-corrected chi connectivity index (χ2v) is 9.88. The fourth-order valence-electron chi connectivity index (χ4n) is 4.67. The Morgan fingerprint density at radius 2 is 1.81 bits per heavy atom. The van der Waals surface area contributed by atoms with Crippen molar-refractivity contribution in [2.24, 2.45) is 11.8 Å². The van der Waals surface area contributed by atoms with Crippen LogP contribution in [0.3, 0.4) is 0 Å². The molecule has 1 heterocycles. The van der Waals surface area contributed by atoms with Gasteiger partial charge in [0.25, 0.3) is 0 Å². The molecule has 172 valence electrons. The topological polar surface area (TPSA) is 94.8 Å². The molecule has 2 aliphatic rings. The van der Waals surface area contributed by atoms with Crippen molar-refractivity contribution in [2.45, 2.75) is 71.3 Å². The fourth-order valence-corrected chi connectivity index (χ4v) is 4.67. The number of esters is 1. The third-order valence-electron chi connectivity index (χ3n) is 6.28. The smallest absolute Gasteiger partial charge is 0.407 e. The second-order valence-electron chi connectivity index (χ2n) is 9.88. The molecule has 0 atom stereocenters. The number of hydrogen-bond acceptors (Lipinski definition) is 6. The van der Waals surface area contributed by atoms with Gasteiger partial charge in [0.05, 0.1) is 5.92 Å². The third kappa shape index (κ3) is 5.14. The Labute approximate surface area is 187 Å². The number of amides is 1. The second kappa shape index (κ2) is 8.96. The number of benzene rings is 1. The molecule has 0 bridgehead atoms. The van der Waals surface area contributed by atoms with Gasteiger partial charge < -0.3 is 19.2 Å². The predicted octanol–water partition coefficient (Wildman–Crippen LogP) is 4.52. The predicted molar refractivity (Wildman–Crippen MR) is 120 cm³/mol. The molecule has 2 aliphatic carbocycles. The van der Waals surface area contributed by atoms with Crippen LogP contribution in [0.25, 0.3) is 11.0 Å². The molecule has 0 radical (unpaired) electrons. The van der Waals surface area contributed by atoms with Gasteiger partial charge in [-0.05, 0) is 89.3 Å². The van der Waals surface area contributed by atoms with Crippen LogP contribution in [-0.2, 0) is 22.4 Å². The lowest BCUT2D eigenvalue weighted by Crippen LogP contribution is -2.36. The molecule has 0 aliphatic heterocycles. The molecule has 4 rings (SSSR count). The van der Waals surface area contributed by atoms with E-state index in [0.29, 0.717) is 23.8 Å². The minimum Gasteiger partial charge on any atom is -0.444 e. The van der Waals surface area contributed by atoms with E-state index in [2.05, 4.69) is 5.32 Å². The van der Waals surface area contributed by atoms with Crippen LogP contribution in [0.2, 0.25) is 0 Å². The Balaban J connectivity index is 1.31. The lowest BCUT2D eigenvalue weighted by molar-refractivity contribution is -0.140. The van der Waals surface area contributed by atoms with Gasteiger partial charge in [0.2, 0.25) is 0 Å². The van der Waals surface area contributed by atoms with E-state index in [1.165, 1.54) is 0 Å². The van der Waals surface area contributed by atoms with E-state index in [-0.39, 0.29) is 17.5 Å². The lowest BCUT2D eigenvalue weighted by Gasteiger charge is -2.28. The number of fused-ring (bicyclic) bond motifs is 3. The molecule has 0 saturated heterocycles. The highest BCUT2D eigenvalue weighted by molar-refractivity contribution is 5.84. The maximum atomic E-state index is 12.7. The third-order valence-corrected chi connectivity index (χ3v) is 6.28. The minimum atomic E-state index is -0.517. The number of nitrogens with one attached hydrogen (secondary N) is 1. The van der Waals surface area contributed by atoms with Crippen molar-refractivity contribution in [1.82, 2.24) is 5.32 Å². The monoisotopic (exact) mass is 441 g/mol. The van der Waals surface area contributed by atoms with Crippen LogP contribution in [0.5, 0.6) is 5.75 Å². The number of rotatable bonds is 4. The van der Waals surface area contributed by atoms with E-state index in [4.69, 9.17) is 13.9 Å². The van der Waals surface area contributed by atoms with Crippen molar-refractivity contribution in [3.63, 3.8) is 0 Å². The average Bonchev–Trinajstić information content (AvgIpc) is 3.22. The summed E-state index contributed by atoms with van der Waals surface area (Å²) in [5.41, 5.74) is 1.51. The Hall–Kier alpha value is -2.83. The van der Waals surface area contributed by atoms with E-state index < -0.39 is 11.7 Å².